The van der Waals surface area contributed by atoms with Gasteiger partial charge in [0.05, 0.1) is 6.04 Å². The van der Waals surface area contributed by atoms with Crippen molar-refractivity contribution in [1.29, 1.82) is 0 Å². The van der Waals surface area contributed by atoms with Gasteiger partial charge in [0.15, 0.2) is 0 Å². The Hall–Kier alpha value is -1.71. The number of hydrogen-bond donors (Lipinski definition) is 2. The van der Waals surface area contributed by atoms with Crippen molar-refractivity contribution in [3.8, 4) is 5.75 Å². The predicted molar refractivity (Wildman–Crippen MR) is 64.2 cm³/mol. The van der Waals surface area contributed by atoms with Crippen LogP contribution in [0.4, 0.5) is 4.79 Å². The Morgan fingerprint density at radius 1 is 1.53 bits per heavy atom. The van der Waals surface area contributed by atoms with E-state index in [1.807, 2.05) is 6.07 Å². The topological polar surface area (TPSA) is 60.8 Å². The maximum atomic E-state index is 11.2. The van der Waals surface area contributed by atoms with Crippen molar-refractivity contribution < 1.29 is 15.0 Å². The maximum absolute atomic E-state index is 11.2. The summed E-state index contributed by atoms with van der Waals surface area (Å²) in [6, 6.07) is 5.16. The van der Waals surface area contributed by atoms with Crippen LogP contribution >= 0.6 is 0 Å². The molecule has 1 amide bonds. The number of phenols is 1. The van der Waals surface area contributed by atoms with Gasteiger partial charge in [0.2, 0.25) is 0 Å². The SMILES string of the molecule is CCCC1c2ccc(O)cc2CCN1C(=O)O. The van der Waals surface area contributed by atoms with Crippen molar-refractivity contribution in [2.24, 2.45) is 0 Å². The highest BCUT2D eigenvalue weighted by Gasteiger charge is 2.29. The molecule has 17 heavy (non-hydrogen) atoms. The first-order valence-electron chi connectivity index (χ1n) is 5.94. The molecule has 1 unspecified atom stereocenters. The summed E-state index contributed by atoms with van der Waals surface area (Å²) in [6.45, 7) is 2.56. The number of nitrogens with zero attached hydrogens (tertiary/aromatic N) is 1. The largest absolute Gasteiger partial charge is 0.508 e. The van der Waals surface area contributed by atoms with Crippen LogP contribution in [0.5, 0.6) is 5.75 Å². The lowest BCUT2D eigenvalue weighted by molar-refractivity contribution is 0.117. The molecule has 1 aromatic rings. The lowest BCUT2D eigenvalue weighted by Gasteiger charge is -2.35. The van der Waals surface area contributed by atoms with Gasteiger partial charge in [0.25, 0.3) is 0 Å². The third-order valence-corrected chi connectivity index (χ3v) is 3.29. The standard InChI is InChI=1S/C13H17NO3/c1-2-3-12-11-5-4-10(15)8-9(11)6-7-14(12)13(16)17/h4-5,8,12,15H,2-3,6-7H2,1H3,(H,16,17). The van der Waals surface area contributed by atoms with Gasteiger partial charge in [-0.1, -0.05) is 19.4 Å². The summed E-state index contributed by atoms with van der Waals surface area (Å²) in [6.07, 6.45) is 1.58. The van der Waals surface area contributed by atoms with E-state index in [0.29, 0.717) is 13.0 Å². The van der Waals surface area contributed by atoms with E-state index in [1.165, 1.54) is 4.90 Å². The van der Waals surface area contributed by atoms with E-state index in [1.54, 1.807) is 12.1 Å². The van der Waals surface area contributed by atoms with Crippen molar-refractivity contribution in [2.75, 3.05) is 6.54 Å². The van der Waals surface area contributed by atoms with E-state index in [2.05, 4.69) is 6.92 Å². The molecule has 0 radical (unpaired) electrons. The third-order valence-electron chi connectivity index (χ3n) is 3.29. The van der Waals surface area contributed by atoms with Gasteiger partial charge in [-0.05, 0) is 36.1 Å². The van der Waals surface area contributed by atoms with Crippen LogP contribution in [-0.2, 0) is 6.42 Å². The summed E-state index contributed by atoms with van der Waals surface area (Å²) in [5.41, 5.74) is 2.11. The number of benzene rings is 1. The quantitative estimate of drug-likeness (QED) is 0.828. The molecular weight excluding hydrogens is 218 g/mol. The molecule has 2 N–H and O–H groups in total. The third kappa shape index (κ3) is 2.20. The van der Waals surface area contributed by atoms with Crippen molar-refractivity contribution in [3.05, 3.63) is 29.3 Å². The summed E-state index contributed by atoms with van der Waals surface area (Å²) < 4.78 is 0. The molecule has 1 heterocycles. The van der Waals surface area contributed by atoms with Crippen LogP contribution in [0, 0.1) is 0 Å². The molecule has 0 saturated heterocycles. The molecule has 2 rings (SSSR count). The summed E-state index contributed by atoms with van der Waals surface area (Å²) in [4.78, 5) is 12.7. The van der Waals surface area contributed by atoms with Gasteiger partial charge in [-0.2, -0.15) is 0 Å². The minimum Gasteiger partial charge on any atom is -0.508 e. The number of aromatic hydroxyl groups is 1. The molecule has 1 aliphatic heterocycles. The molecule has 92 valence electrons. The van der Waals surface area contributed by atoms with Crippen LogP contribution in [0.3, 0.4) is 0 Å². The molecule has 0 fully saturated rings. The highest BCUT2D eigenvalue weighted by Crippen LogP contribution is 2.34. The van der Waals surface area contributed by atoms with Gasteiger partial charge in [-0.15, -0.1) is 0 Å². The maximum Gasteiger partial charge on any atom is 0.407 e. The average molecular weight is 235 g/mol. The van der Waals surface area contributed by atoms with E-state index in [0.717, 1.165) is 24.0 Å². The molecule has 0 aliphatic carbocycles. The Morgan fingerprint density at radius 3 is 2.94 bits per heavy atom. The fraction of sp³-hybridized carbons (Fsp3) is 0.462. The van der Waals surface area contributed by atoms with Crippen molar-refractivity contribution in [2.45, 2.75) is 32.2 Å². The van der Waals surface area contributed by atoms with E-state index >= 15 is 0 Å². The van der Waals surface area contributed by atoms with Crippen molar-refractivity contribution in [1.82, 2.24) is 4.90 Å². The van der Waals surface area contributed by atoms with E-state index < -0.39 is 6.09 Å². The van der Waals surface area contributed by atoms with Gasteiger partial charge in [0, 0.05) is 6.54 Å². The Balaban J connectivity index is 2.38. The van der Waals surface area contributed by atoms with Gasteiger partial charge < -0.3 is 15.1 Å². The first-order valence-corrected chi connectivity index (χ1v) is 5.94. The van der Waals surface area contributed by atoms with E-state index in [4.69, 9.17) is 0 Å². The minimum atomic E-state index is -0.859. The second-order valence-electron chi connectivity index (χ2n) is 4.41. The number of amides is 1. The van der Waals surface area contributed by atoms with Crippen LogP contribution in [0.2, 0.25) is 0 Å². The Bertz CT molecular complexity index is 431. The van der Waals surface area contributed by atoms with Crippen molar-refractivity contribution >= 4 is 6.09 Å². The van der Waals surface area contributed by atoms with Gasteiger partial charge in [-0.25, -0.2) is 4.79 Å². The fourth-order valence-electron chi connectivity index (χ4n) is 2.51. The first kappa shape index (κ1) is 11.8. The molecule has 0 aromatic heterocycles. The number of fused-ring (bicyclic) bond motifs is 1. The summed E-state index contributed by atoms with van der Waals surface area (Å²) in [5.74, 6) is 0.253. The monoisotopic (exact) mass is 235 g/mol. The molecule has 1 aliphatic rings. The number of rotatable bonds is 2. The Labute approximate surface area is 100 Å². The molecule has 0 saturated carbocycles. The number of hydrogen-bond acceptors (Lipinski definition) is 2. The summed E-state index contributed by atoms with van der Waals surface area (Å²) in [5, 5.41) is 18.6. The minimum absolute atomic E-state index is 0.0677. The zero-order valence-electron chi connectivity index (χ0n) is 9.89. The van der Waals surface area contributed by atoms with E-state index in [-0.39, 0.29) is 11.8 Å². The molecule has 1 atom stereocenters. The number of phenolic OH excluding ortho intramolecular Hbond substituents is 1. The van der Waals surface area contributed by atoms with Gasteiger partial charge in [0.1, 0.15) is 5.75 Å². The predicted octanol–water partition coefficient (Wildman–Crippen LogP) is 2.77. The summed E-state index contributed by atoms with van der Waals surface area (Å²) in [7, 11) is 0. The smallest absolute Gasteiger partial charge is 0.407 e. The number of carboxylic acid groups (broad SMARTS) is 1. The van der Waals surface area contributed by atoms with Crippen LogP contribution in [0.25, 0.3) is 0 Å². The molecule has 0 spiro atoms. The lowest BCUT2D eigenvalue weighted by Crippen LogP contribution is -2.39. The Morgan fingerprint density at radius 2 is 2.29 bits per heavy atom. The fourth-order valence-corrected chi connectivity index (χ4v) is 2.51. The molecule has 4 nitrogen and oxygen atoms in total. The number of carbonyl (C=O) groups is 1. The van der Waals surface area contributed by atoms with Crippen LogP contribution in [-0.4, -0.2) is 27.8 Å². The van der Waals surface area contributed by atoms with Crippen LogP contribution < -0.4 is 0 Å². The normalized spacial score (nSPS) is 18.9. The zero-order valence-corrected chi connectivity index (χ0v) is 9.89. The van der Waals surface area contributed by atoms with E-state index in [9.17, 15) is 15.0 Å². The average Bonchev–Trinajstić information content (AvgIpc) is 2.28. The highest BCUT2D eigenvalue weighted by molar-refractivity contribution is 5.66. The molecule has 0 bridgehead atoms. The molecular formula is C13H17NO3. The first-order chi connectivity index (χ1) is 8.13. The second-order valence-corrected chi connectivity index (χ2v) is 4.41. The lowest BCUT2D eigenvalue weighted by atomic mass is 9.90. The van der Waals surface area contributed by atoms with Gasteiger partial charge >= 0.3 is 6.09 Å². The molecule has 1 aromatic carbocycles. The van der Waals surface area contributed by atoms with Gasteiger partial charge in [-0.3, -0.25) is 0 Å². The van der Waals surface area contributed by atoms with Crippen LogP contribution in [0.15, 0.2) is 18.2 Å². The highest BCUT2D eigenvalue weighted by atomic mass is 16.4. The zero-order chi connectivity index (χ0) is 12.4. The van der Waals surface area contributed by atoms with Crippen LogP contribution in [0.1, 0.15) is 36.9 Å². The summed E-state index contributed by atoms with van der Waals surface area (Å²) >= 11 is 0. The second kappa shape index (κ2) is 4.65. The Kier molecular flexibility index (Phi) is 3.22. The van der Waals surface area contributed by atoms with Crippen molar-refractivity contribution in [3.63, 3.8) is 0 Å². The molecule has 4 heteroatoms.